The van der Waals surface area contributed by atoms with Gasteiger partial charge >= 0.3 is 0 Å². The van der Waals surface area contributed by atoms with Gasteiger partial charge in [-0.3, -0.25) is 0 Å². The largest absolute Gasteiger partial charge is 0.110 e. The Kier molecular flexibility index (Phi) is 0.945. The maximum absolute atomic E-state index is 2.32. The van der Waals surface area contributed by atoms with Crippen molar-refractivity contribution in [1.29, 1.82) is 0 Å². The molecule has 1 rings (SSSR count). The van der Waals surface area contributed by atoms with E-state index in [0.717, 1.165) is 5.82 Å². The Morgan fingerprint density at radius 3 is 2.00 bits per heavy atom. The van der Waals surface area contributed by atoms with Gasteiger partial charge < -0.3 is 0 Å². The molecule has 0 bridgehead atoms. The van der Waals surface area contributed by atoms with Crippen molar-refractivity contribution in [3.05, 3.63) is 0 Å². The third kappa shape index (κ3) is 0.819. The molecule has 1 fully saturated rings. The van der Waals surface area contributed by atoms with Gasteiger partial charge in [-0.2, -0.15) is 0 Å². The molecule has 0 aromatic carbocycles. The predicted molar refractivity (Wildman–Crippen MR) is 33.8 cm³/mol. The first kappa shape index (κ1) is 5.21. The molecule has 0 nitrogen and oxygen atoms in total. The maximum atomic E-state index is 2.32. The quantitative estimate of drug-likeness (QED) is 0.436. The Labute approximate surface area is 46.5 Å². The first-order valence-corrected chi connectivity index (χ1v) is 2.96. The van der Waals surface area contributed by atoms with E-state index >= 15 is 0 Å². The summed E-state index contributed by atoms with van der Waals surface area (Å²) in [5, 5.41) is 0. The van der Waals surface area contributed by atoms with Crippen molar-refractivity contribution in [3.63, 3.8) is 0 Å². The molecule has 0 aliphatic heterocycles. The Morgan fingerprint density at radius 2 is 2.00 bits per heavy atom. The molecule has 39 valence electrons. The Hall–Kier alpha value is 0.0649. The van der Waals surface area contributed by atoms with E-state index in [1.807, 2.05) is 0 Å². The summed E-state index contributed by atoms with van der Waals surface area (Å²) in [7, 11) is 2.31. The maximum Gasteiger partial charge on any atom is 0.110 e. The van der Waals surface area contributed by atoms with Crippen molar-refractivity contribution in [1.82, 2.24) is 0 Å². The summed E-state index contributed by atoms with van der Waals surface area (Å²) in [4.78, 5) is 0. The van der Waals surface area contributed by atoms with Crippen molar-refractivity contribution in [2.75, 3.05) is 0 Å². The van der Waals surface area contributed by atoms with Gasteiger partial charge in [0.15, 0.2) is 0 Å². The van der Waals surface area contributed by atoms with E-state index in [4.69, 9.17) is 0 Å². The van der Waals surface area contributed by atoms with Crippen LogP contribution in [-0.2, 0) is 0 Å². The fourth-order valence-corrected chi connectivity index (χ4v) is 1.08. The van der Waals surface area contributed by atoms with Crippen LogP contribution in [0.5, 0.6) is 0 Å². The van der Waals surface area contributed by atoms with Crippen LogP contribution in [0.2, 0.25) is 12.6 Å². The van der Waals surface area contributed by atoms with Crippen LogP contribution in [0.15, 0.2) is 0 Å². The zero-order chi connectivity index (χ0) is 5.49. The average Bonchev–Trinajstić information content (AvgIpc) is 2.13. The number of hydrogen-bond acceptors (Lipinski definition) is 0. The monoisotopic (exact) mass is 95.1 g/mol. The molecule has 0 spiro atoms. The molecule has 0 saturated heterocycles. The molecule has 7 heavy (non-hydrogen) atoms. The molecular formula is C6H12B. The van der Waals surface area contributed by atoms with Crippen molar-refractivity contribution in [2.24, 2.45) is 5.41 Å². The van der Waals surface area contributed by atoms with Crippen LogP contribution in [0.4, 0.5) is 0 Å². The van der Waals surface area contributed by atoms with Crippen molar-refractivity contribution in [3.8, 4) is 0 Å². The third-order valence-electron chi connectivity index (χ3n) is 1.99. The van der Waals surface area contributed by atoms with Gasteiger partial charge in [-0.05, 0) is 5.41 Å². The van der Waals surface area contributed by atoms with Crippen LogP contribution >= 0.6 is 0 Å². The highest BCUT2D eigenvalue weighted by Gasteiger charge is 2.43. The lowest BCUT2D eigenvalue weighted by Crippen LogP contribution is -1.88. The highest BCUT2D eigenvalue weighted by atomic mass is 14.4. The Morgan fingerprint density at radius 1 is 1.57 bits per heavy atom. The molecule has 1 aliphatic rings. The van der Waals surface area contributed by atoms with Crippen LogP contribution in [0.3, 0.4) is 0 Å². The van der Waals surface area contributed by atoms with Crippen LogP contribution in [0.1, 0.15) is 20.3 Å². The van der Waals surface area contributed by atoms with Crippen molar-refractivity contribution in [2.45, 2.75) is 32.9 Å². The number of rotatable bonds is 1. The minimum Gasteiger partial charge on any atom is -0.0917 e. The lowest BCUT2D eigenvalue weighted by Gasteiger charge is -1.95. The van der Waals surface area contributed by atoms with E-state index < -0.39 is 0 Å². The minimum atomic E-state index is 0.661. The van der Waals surface area contributed by atoms with Gasteiger partial charge in [-0.15, -0.1) is 0 Å². The van der Waals surface area contributed by atoms with Gasteiger partial charge in [-0.1, -0.05) is 32.9 Å². The third-order valence-corrected chi connectivity index (χ3v) is 1.99. The Bertz CT molecular complexity index is 76.2. The molecule has 0 amide bonds. The second kappa shape index (κ2) is 1.27. The van der Waals surface area contributed by atoms with Crippen LogP contribution in [-0.4, -0.2) is 7.28 Å². The molecule has 1 unspecified atom stereocenters. The second-order valence-electron chi connectivity index (χ2n) is 3.13. The summed E-state index contributed by atoms with van der Waals surface area (Å²) in [5.74, 6) is 0.924. The smallest absolute Gasteiger partial charge is 0.0917 e. The van der Waals surface area contributed by atoms with E-state index in [-0.39, 0.29) is 0 Å². The van der Waals surface area contributed by atoms with Crippen LogP contribution in [0, 0.1) is 5.41 Å². The summed E-state index contributed by atoms with van der Waals surface area (Å²) in [6.07, 6.45) is 1.41. The zero-order valence-corrected chi connectivity index (χ0v) is 5.36. The van der Waals surface area contributed by atoms with Gasteiger partial charge in [0.25, 0.3) is 0 Å². The van der Waals surface area contributed by atoms with Gasteiger partial charge in [0.2, 0.25) is 0 Å². The van der Waals surface area contributed by atoms with Gasteiger partial charge in [0.05, 0.1) is 0 Å². The van der Waals surface area contributed by atoms with Crippen molar-refractivity contribution >= 4 is 7.28 Å². The fraction of sp³-hybridized carbons (Fsp3) is 1.00. The zero-order valence-electron chi connectivity index (χ0n) is 5.36. The molecule has 0 aromatic heterocycles. The lowest BCUT2D eigenvalue weighted by molar-refractivity contribution is 0.651. The first-order chi connectivity index (χ1) is 3.17. The Balaban J connectivity index is 2.30. The molecule has 1 saturated carbocycles. The average molecular weight is 95.0 g/mol. The highest BCUT2D eigenvalue weighted by molar-refractivity contribution is 6.37. The summed E-state index contributed by atoms with van der Waals surface area (Å²) in [5.41, 5.74) is 0.661. The topological polar surface area (TPSA) is 0 Å². The normalized spacial score (nSPS) is 35.0. The van der Waals surface area contributed by atoms with E-state index in [1.54, 1.807) is 0 Å². The summed E-state index contributed by atoms with van der Waals surface area (Å²) < 4.78 is 0. The predicted octanol–water partition coefficient (Wildman–Crippen LogP) is 1.96. The van der Waals surface area contributed by atoms with E-state index in [1.165, 1.54) is 6.42 Å². The molecule has 1 atom stereocenters. The second-order valence-corrected chi connectivity index (χ2v) is 3.13. The first-order valence-electron chi connectivity index (χ1n) is 2.96. The van der Waals surface area contributed by atoms with Crippen LogP contribution in [0.25, 0.3) is 0 Å². The van der Waals surface area contributed by atoms with Gasteiger partial charge in [0.1, 0.15) is 7.28 Å². The molecule has 1 heteroatoms. The molecule has 0 N–H and O–H groups in total. The van der Waals surface area contributed by atoms with Gasteiger partial charge in [-0.25, -0.2) is 0 Å². The molecular weight excluding hydrogens is 82.9 g/mol. The van der Waals surface area contributed by atoms with E-state index in [0.29, 0.717) is 5.41 Å². The minimum absolute atomic E-state index is 0.661. The summed E-state index contributed by atoms with van der Waals surface area (Å²) in [6.45, 7) is 6.79. The number of hydrogen-bond donors (Lipinski definition) is 0. The SMILES string of the molecule is C[B]C1CC1(C)C. The standard InChI is InChI=1S/C6H12B/c1-6(2)4-5(6)7-3/h5H,4H2,1-3H3. The molecule has 0 aromatic rings. The highest BCUT2D eigenvalue weighted by Crippen LogP contribution is 2.56. The van der Waals surface area contributed by atoms with E-state index in [2.05, 4.69) is 28.0 Å². The molecule has 1 aliphatic carbocycles. The van der Waals surface area contributed by atoms with Gasteiger partial charge in [0, 0.05) is 0 Å². The van der Waals surface area contributed by atoms with Crippen molar-refractivity contribution < 1.29 is 0 Å². The van der Waals surface area contributed by atoms with Crippen LogP contribution < -0.4 is 0 Å². The fourth-order valence-electron chi connectivity index (χ4n) is 1.08. The molecule has 0 heterocycles. The molecule has 1 radical (unpaired) electrons. The summed E-state index contributed by atoms with van der Waals surface area (Å²) >= 11 is 0. The summed E-state index contributed by atoms with van der Waals surface area (Å²) in [6, 6.07) is 0. The van der Waals surface area contributed by atoms with E-state index in [9.17, 15) is 0 Å². The lowest BCUT2D eigenvalue weighted by atomic mass is 9.72.